The molecule has 6 atom stereocenters. The molecule has 11 nitrogen and oxygen atoms in total. The maximum atomic E-state index is 13.7. The monoisotopic (exact) mass is 515 g/mol. The second-order valence-corrected chi connectivity index (χ2v) is 10.6. The average molecular weight is 516 g/mol. The number of hydrogen-bond acceptors (Lipinski definition) is 10. The number of aliphatic hydroxyl groups is 3. The first-order valence-corrected chi connectivity index (χ1v) is 12.2. The van der Waals surface area contributed by atoms with Gasteiger partial charge in [0.1, 0.15) is 23.5 Å². The van der Waals surface area contributed by atoms with Crippen LogP contribution in [0.2, 0.25) is 0 Å². The van der Waals surface area contributed by atoms with Gasteiger partial charge in [-0.25, -0.2) is 0 Å². The van der Waals surface area contributed by atoms with Gasteiger partial charge < -0.3 is 35.9 Å². The Kier molecular flexibility index (Phi) is 6.68. The molecule has 3 aliphatic rings. The number of primary amides is 1. The highest BCUT2D eigenvalue weighted by atomic mass is 16.6. The molecule has 0 spiro atoms. The number of phenols is 1. The topological polar surface area (TPSA) is 183 Å². The maximum Gasteiger partial charge on any atom is 0.230 e. The first-order chi connectivity index (χ1) is 17.2. The van der Waals surface area contributed by atoms with Crippen LogP contribution < -0.4 is 5.73 Å². The van der Waals surface area contributed by atoms with E-state index in [2.05, 4.69) is 5.16 Å². The molecular weight excluding hydrogens is 482 g/mol. The Balaban J connectivity index is 1.91. The lowest BCUT2D eigenvalue weighted by Crippen LogP contribution is -2.71. The van der Waals surface area contributed by atoms with Gasteiger partial charge in [-0.1, -0.05) is 5.16 Å². The molecule has 0 aliphatic heterocycles. The van der Waals surface area contributed by atoms with Gasteiger partial charge in [-0.2, -0.15) is 0 Å². The number of aromatic hydroxyl groups is 1. The number of Topliss-reactive ketones (excluding diaryl/α,β-unsaturated/α-hetero) is 2. The van der Waals surface area contributed by atoms with Crippen molar-refractivity contribution in [3.8, 4) is 5.75 Å². The number of nitrogens with two attached hydrogens (primary N) is 1. The van der Waals surface area contributed by atoms with Crippen molar-refractivity contribution in [3.05, 3.63) is 40.2 Å². The van der Waals surface area contributed by atoms with Crippen LogP contribution in [0.3, 0.4) is 0 Å². The lowest BCUT2D eigenvalue weighted by molar-refractivity contribution is -0.178. The van der Waals surface area contributed by atoms with E-state index in [1.165, 1.54) is 6.07 Å². The van der Waals surface area contributed by atoms with Gasteiger partial charge in [0.2, 0.25) is 5.91 Å². The summed E-state index contributed by atoms with van der Waals surface area (Å²) < 4.78 is 0. The van der Waals surface area contributed by atoms with E-state index in [1.807, 2.05) is 13.8 Å². The van der Waals surface area contributed by atoms with Crippen molar-refractivity contribution in [1.29, 1.82) is 0 Å². The Morgan fingerprint density at radius 3 is 2.46 bits per heavy atom. The summed E-state index contributed by atoms with van der Waals surface area (Å²) in [7, 11) is 3.23. The Bertz CT molecular complexity index is 1240. The number of carbonyl (C=O) groups excluding carboxylic acids is 3. The number of oxime groups is 1. The molecule has 4 rings (SSSR count). The second kappa shape index (κ2) is 9.23. The van der Waals surface area contributed by atoms with E-state index < -0.39 is 58.7 Å². The van der Waals surface area contributed by atoms with E-state index in [9.17, 15) is 34.8 Å². The number of ketones is 2. The largest absolute Gasteiger partial charge is 0.508 e. The van der Waals surface area contributed by atoms with Crippen LogP contribution in [0.4, 0.5) is 0 Å². The maximum absolute atomic E-state index is 13.7. The molecule has 200 valence electrons. The van der Waals surface area contributed by atoms with E-state index in [4.69, 9.17) is 10.6 Å². The summed E-state index contributed by atoms with van der Waals surface area (Å²) in [5.74, 6) is -7.66. The number of likely N-dealkylation sites (N-methyl/N-ethyl adjacent to an activating group) is 1. The smallest absolute Gasteiger partial charge is 0.230 e. The number of rotatable bonds is 5. The minimum atomic E-state index is -2.61. The van der Waals surface area contributed by atoms with Gasteiger partial charge in [-0.15, -0.1) is 0 Å². The van der Waals surface area contributed by atoms with E-state index in [0.717, 1.165) is 0 Å². The number of nitrogens with zero attached hydrogens (tertiary/aromatic N) is 2. The van der Waals surface area contributed by atoms with Crippen LogP contribution in [0.25, 0.3) is 0 Å². The standard InChI is InChI=1S/C26H33N3O8/c1-10(2)37-28-11(3)13-6-7-16(30)18-14(13)8-12-9-15-20(29(4)5)22(32)19(25(27)35)24(34)26(15,36)23(33)17(12)21(18)31/h6-7,10,12,15,19-20,22,30,32-33,36H,8-9H2,1-5H3,(H2,27,35)/b28-11-/t12-,15-,19?,20-,22?,26-/m0/s1. The molecule has 2 unspecified atom stereocenters. The van der Waals surface area contributed by atoms with Crippen molar-refractivity contribution in [2.75, 3.05) is 14.1 Å². The van der Waals surface area contributed by atoms with Crippen LogP contribution in [0.5, 0.6) is 5.75 Å². The normalized spacial score (nSPS) is 31.8. The molecule has 37 heavy (non-hydrogen) atoms. The Hall–Kier alpha value is -3.28. The number of fused-ring (bicyclic) bond motifs is 3. The number of benzene rings is 1. The SMILES string of the molecule is C/C(=N/OC(C)C)c1ccc(O)c2c1C[C@H]1C[C@H]3[C@H](N(C)C)C(O)C(C(N)=O)C(=O)[C@@]3(O)C(O)=C1C2=O. The third kappa shape index (κ3) is 3.92. The van der Waals surface area contributed by atoms with Gasteiger partial charge >= 0.3 is 0 Å². The summed E-state index contributed by atoms with van der Waals surface area (Å²) in [6.07, 6.45) is -1.45. The molecule has 6 N–H and O–H groups in total. The highest BCUT2D eigenvalue weighted by Crippen LogP contribution is 2.52. The number of allylic oxidation sites excluding steroid dienone is 1. The summed E-state index contributed by atoms with van der Waals surface area (Å²) >= 11 is 0. The van der Waals surface area contributed by atoms with Crippen molar-refractivity contribution in [1.82, 2.24) is 4.90 Å². The molecule has 1 fully saturated rings. The fourth-order valence-corrected chi connectivity index (χ4v) is 6.18. The summed E-state index contributed by atoms with van der Waals surface area (Å²) in [5, 5.41) is 48.7. The Morgan fingerprint density at radius 2 is 1.89 bits per heavy atom. The Labute approximate surface area is 214 Å². The van der Waals surface area contributed by atoms with Gasteiger partial charge in [0.25, 0.3) is 0 Å². The minimum absolute atomic E-state index is 0.0476. The molecule has 1 amide bonds. The number of phenolic OH excluding ortho intramolecular Hbond substituents is 1. The quantitative estimate of drug-likeness (QED) is 0.211. The highest BCUT2D eigenvalue weighted by molar-refractivity contribution is 6.17. The van der Waals surface area contributed by atoms with Crippen LogP contribution in [0.1, 0.15) is 48.7 Å². The molecule has 3 aliphatic carbocycles. The van der Waals surface area contributed by atoms with Crippen LogP contribution >= 0.6 is 0 Å². The lowest BCUT2D eigenvalue weighted by atomic mass is 9.56. The highest BCUT2D eigenvalue weighted by Gasteiger charge is 2.66. The fraction of sp³-hybridized carbons (Fsp3) is 0.538. The molecule has 0 heterocycles. The second-order valence-electron chi connectivity index (χ2n) is 10.6. The molecule has 1 aromatic carbocycles. The third-order valence-corrected chi connectivity index (χ3v) is 7.77. The van der Waals surface area contributed by atoms with Gasteiger partial charge in [0, 0.05) is 23.1 Å². The number of carbonyl (C=O) groups is 3. The first-order valence-electron chi connectivity index (χ1n) is 12.2. The number of aliphatic hydroxyl groups excluding tert-OH is 2. The van der Waals surface area contributed by atoms with Crippen LogP contribution in [-0.4, -0.2) is 86.5 Å². The summed E-state index contributed by atoms with van der Waals surface area (Å²) in [6, 6.07) is 2.05. The minimum Gasteiger partial charge on any atom is -0.508 e. The zero-order valence-electron chi connectivity index (χ0n) is 21.4. The number of amides is 1. The van der Waals surface area contributed by atoms with Crippen molar-refractivity contribution in [2.24, 2.45) is 28.6 Å². The van der Waals surface area contributed by atoms with Gasteiger partial charge in [-0.05, 0) is 71.3 Å². The summed E-state index contributed by atoms with van der Waals surface area (Å²) in [5.41, 5.74) is 4.11. The van der Waals surface area contributed by atoms with Crippen molar-refractivity contribution in [2.45, 2.75) is 57.5 Å². The fourth-order valence-electron chi connectivity index (χ4n) is 6.18. The van der Waals surface area contributed by atoms with Crippen LogP contribution in [0.15, 0.2) is 28.6 Å². The molecule has 11 heteroatoms. The lowest BCUT2D eigenvalue weighted by Gasteiger charge is -2.53. The van der Waals surface area contributed by atoms with Gasteiger partial charge in [0.05, 0.1) is 17.4 Å². The van der Waals surface area contributed by atoms with Crippen molar-refractivity contribution < 1.29 is 39.6 Å². The first kappa shape index (κ1) is 26.8. The summed E-state index contributed by atoms with van der Waals surface area (Å²) in [6.45, 7) is 5.35. The van der Waals surface area contributed by atoms with E-state index in [1.54, 1.807) is 32.0 Å². The van der Waals surface area contributed by atoms with Crippen LogP contribution in [0, 0.1) is 17.8 Å². The van der Waals surface area contributed by atoms with Gasteiger partial charge in [0.15, 0.2) is 17.2 Å². The zero-order valence-corrected chi connectivity index (χ0v) is 21.4. The molecule has 0 bridgehead atoms. The Morgan fingerprint density at radius 1 is 1.24 bits per heavy atom. The molecule has 0 aromatic heterocycles. The molecule has 0 radical (unpaired) electrons. The predicted octanol–water partition coefficient (Wildman–Crippen LogP) is 0.435. The van der Waals surface area contributed by atoms with Crippen molar-refractivity contribution in [3.63, 3.8) is 0 Å². The van der Waals surface area contributed by atoms with Crippen molar-refractivity contribution >= 4 is 23.2 Å². The molecule has 0 saturated heterocycles. The van der Waals surface area contributed by atoms with E-state index in [0.29, 0.717) is 16.8 Å². The van der Waals surface area contributed by atoms with Crippen LogP contribution in [-0.2, 0) is 20.8 Å². The van der Waals surface area contributed by atoms with E-state index >= 15 is 0 Å². The molecular formula is C26H33N3O8. The average Bonchev–Trinajstić information content (AvgIpc) is 2.79. The predicted molar refractivity (Wildman–Crippen MR) is 132 cm³/mol. The molecule has 1 aromatic rings. The van der Waals surface area contributed by atoms with Gasteiger partial charge in [-0.3, -0.25) is 14.4 Å². The molecule has 1 saturated carbocycles. The number of hydrogen-bond donors (Lipinski definition) is 5. The van der Waals surface area contributed by atoms with E-state index in [-0.39, 0.29) is 35.8 Å². The zero-order chi connectivity index (χ0) is 27.6. The third-order valence-electron chi connectivity index (χ3n) is 7.77. The summed E-state index contributed by atoms with van der Waals surface area (Å²) in [4.78, 5) is 46.1.